The van der Waals surface area contributed by atoms with Gasteiger partial charge in [-0.3, -0.25) is 0 Å². The Morgan fingerprint density at radius 3 is 2.04 bits per heavy atom. The van der Waals surface area contributed by atoms with E-state index in [1.165, 1.54) is 0 Å². The molecule has 0 bridgehead atoms. The highest BCUT2D eigenvalue weighted by Crippen LogP contribution is 2.32. The molecule has 0 saturated heterocycles. The van der Waals surface area contributed by atoms with Crippen LogP contribution in [0.15, 0.2) is 45.4 Å². The maximum atomic E-state index is 4.21. The Kier molecular flexibility index (Phi) is 8.87. The summed E-state index contributed by atoms with van der Waals surface area (Å²) in [6.45, 7) is 8.00. The normalized spacial score (nSPS) is 12.2. The molecule has 0 fully saturated rings. The van der Waals surface area contributed by atoms with Gasteiger partial charge in [0.05, 0.1) is 0 Å². The van der Waals surface area contributed by atoms with E-state index in [0.29, 0.717) is 11.6 Å². The molecular formula is C17H20Br2N4. The second-order valence-electron chi connectivity index (χ2n) is 4.18. The molecular weight excluding hydrogens is 420 g/mol. The van der Waals surface area contributed by atoms with E-state index in [9.17, 15) is 0 Å². The molecule has 1 heterocycles. The lowest BCUT2D eigenvalue weighted by molar-refractivity contribution is 0.844. The Morgan fingerprint density at radius 1 is 1.00 bits per heavy atom. The number of hydrogen-bond donors (Lipinski definition) is 0. The molecule has 2 rings (SSSR count). The minimum Gasteiger partial charge on any atom is -0.126 e. The van der Waals surface area contributed by atoms with Gasteiger partial charge in [-0.1, -0.05) is 89.0 Å². The lowest BCUT2D eigenvalue weighted by atomic mass is 10.2. The highest BCUT2D eigenvalue weighted by Gasteiger charge is 2.14. The van der Waals surface area contributed by atoms with Crippen molar-refractivity contribution >= 4 is 37.4 Å². The summed E-state index contributed by atoms with van der Waals surface area (Å²) >= 11 is 7.08. The molecule has 0 radical (unpaired) electrons. The van der Waals surface area contributed by atoms with E-state index in [4.69, 9.17) is 0 Å². The van der Waals surface area contributed by atoms with Gasteiger partial charge in [0.25, 0.3) is 0 Å². The quantitative estimate of drug-likeness (QED) is 0.567. The zero-order valence-corrected chi connectivity index (χ0v) is 16.9. The second kappa shape index (κ2) is 10.4. The Bertz CT molecular complexity index is 665. The lowest BCUT2D eigenvalue weighted by Crippen LogP contribution is -2.03. The standard InChI is InChI=1S/C15H14Br2N4.C2H6/c1-3-11(16)13(12(17)4-2)15-20-18-14(19-21-15)10-8-6-5-7-9-10;1-2/h3,5-9H,4H2,1-2H3;1-2H3/b11-3+,13-12-;. The van der Waals surface area contributed by atoms with E-state index in [-0.39, 0.29) is 0 Å². The highest BCUT2D eigenvalue weighted by molar-refractivity contribution is 9.12. The molecule has 0 aliphatic heterocycles. The van der Waals surface area contributed by atoms with Crippen molar-refractivity contribution in [2.75, 3.05) is 0 Å². The summed E-state index contributed by atoms with van der Waals surface area (Å²) in [5, 5.41) is 16.8. The van der Waals surface area contributed by atoms with Gasteiger partial charge in [-0.25, -0.2) is 0 Å². The minimum atomic E-state index is 0.494. The molecule has 0 spiro atoms. The van der Waals surface area contributed by atoms with Crippen molar-refractivity contribution < 1.29 is 0 Å². The zero-order chi connectivity index (χ0) is 17.2. The lowest BCUT2D eigenvalue weighted by Gasteiger charge is -2.07. The minimum absolute atomic E-state index is 0.494. The Labute approximate surface area is 154 Å². The molecule has 0 amide bonds. The van der Waals surface area contributed by atoms with Crippen molar-refractivity contribution in [3.8, 4) is 11.4 Å². The van der Waals surface area contributed by atoms with E-state index in [1.54, 1.807) is 0 Å². The number of halogens is 2. The molecule has 2 aromatic rings. The molecule has 1 aromatic heterocycles. The van der Waals surface area contributed by atoms with Gasteiger partial charge in [0.15, 0.2) is 0 Å². The largest absolute Gasteiger partial charge is 0.205 e. The summed E-state index contributed by atoms with van der Waals surface area (Å²) in [5.41, 5.74) is 1.77. The SMILES string of the molecule is C/C=C(Br)\C(=C(\Br)CC)c1nnc(-c2ccccc2)nn1.CC. The molecule has 0 aliphatic carbocycles. The van der Waals surface area contributed by atoms with Crippen LogP contribution >= 0.6 is 31.9 Å². The summed E-state index contributed by atoms with van der Waals surface area (Å²) in [5.74, 6) is 1.01. The van der Waals surface area contributed by atoms with Crippen molar-refractivity contribution in [1.82, 2.24) is 20.4 Å². The van der Waals surface area contributed by atoms with Crippen LogP contribution in [0.4, 0.5) is 0 Å². The number of nitrogens with zero attached hydrogens (tertiary/aromatic N) is 4. The van der Waals surface area contributed by atoms with Crippen molar-refractivity contribution in [3.63, 3.8) is 0 Å². The fourth-order valence-electron chi connectivity index (χ4n) is 1.71. The Morgan fingerprint density at radius 2 is 1.57 bits per heavy atom. The van der Waals surface area contributed by atoms with Crippen LogP contribution in [-0.2, 0) is 0 Å². The van der Waals surface area contributed by atoms with Gasteiger partial charge in [0.1, 0.15) is 0 Å². The van der Waals surface area contributed by atoms with Crippen LogP contribution in [-0.4, -0.2) is 20.4 Å². The first-order valence-corrected chi connectivity index (χ1v) is 9.10. The molecule has 23 heavy (non-hydrogen) atoms. The molecule has 0 N–H and O–H groups in total. The smallest absolute Gasteiger partial charge is 0.126 e. The van der Waals surface area contributed by atoms with Crippen LogP contribution in [0.25, 0.3) is 17.0 Å². The predicted molar refractivity (Wildman–Crippen MR) is 103 cm³/mol. The van der Waals surface area contributed by atoms with Gasteiger partial charge < -0.3 is 0 Å². The first-order valence-electron chi connectivity index (χ1n) is 7.51. The number of aromatic nitrogens is 4. The van der Waals surface area contributed by atoms with Gasteiger partial charge in [0, 0.05) is 20.1 Å². The summed E-state index contributed by atoms with van der Waals surface area (Å²) < 4.78 is 1.91. The predicted octanol–water partition coefficient (Wildman–Crippen LogP) is 5.77. The third-order valence-corrected chi connectivity index (χ3v) is 4.62. The zero-order valence-electron chi connectivity index (χ0n) is 13.7. The molecule has 6 heteroatoms. The average molecular weight is 440 g/mol. The van der Waals surface area contributed by atoms with E-state index >= 15 is 0 Å². The number of allylic oxidation sites excluding steroid dienone is 4. The molecule has 0 aliphatic rings. The van der Waals surface area contributed by atoms with Crippen molar-refractivity contribution in [3.05, 3.63) is 51.2 Å². The Balaban J connectivity index is 0.00000127. The van der Waals surface area contributed by atoms with Crippen LogP contribution in [0.3, 0.4) is 0 Å². The molecule has 1 aromatic carbocycles. The van der Waals surface area contributed by atoms with E-state index in [1.807, 2.05) is 57.2 Å². The monoisotopic (exact) mass is 438 g/mol. The van der Waals surface area contributed by atoms with Crippen LogP contribution in [0.2, 0.25) is 0 Å². The van der Waals surface area contributed by atoms with Crippen LogP contribution in [0.1, 0.15) is 39.9 Å². The molecule has 122 valence electrons. The topological polar surface area (TPSA) is 51.6 Å². The highest BCUT2D eigenvalue weighted by atomic mass is 79.9. The molecule has 4 nitrogen and oxygen atoms in total. The third-order valence-electron chi connectivity index (χ3n) is 2.81. The number of benzene rings is 1. The van der Waals surface area contributed by atoms with Crippen LogP contribution in [0.5, 0.6) is 0 Å². The first kappa shape index (κ1) is 19.6. The maximum absolute atomic E-state index is 4.21. The van der Waals surface area contributed by atoms with Gasteiger partial charge in [-0.15, -0.1) is 20.4 Å². The summed E-state index contributed by atoms with van der Waals surface area (Å²) in [6.07, 6.45) is 2.78. The number of rotatable bonds is 4. The van der Waals surface area contributed by atoms with E-state index in [0.717, 1.165) is 26.5 Å². The third kappa shape index (κ3) is 5.32. The van der Waals surface area contributed by atoms with E-state index < -0.39 is 0 Å². The summed E-state index contributed by atoms with van der Waals surface area (Å²) in [6, 6.07) is 9.67. The molecule has 0 atom stereocenters. The fourth-order valence-corrected chi connectivity index (χ4v) is 2.78. The van der Waals surface area contributed by atoms with E-state index in [2.05, 4.69) is 59.2 Å². The fraction of sp³-hybridized carbons (Fsp3) is 0.294. The van der Waals surface area contributed by atoms with Gasteiger partial charge in [-0.2, -0.15) is 0 Å². The summed E-state index contributed by atoms with van der Waals surface area (Å²) in [7, 11) is 0. The molecule has 0 saturated carbocycles. The van der Waals surface area contributed by atoms with Gasteiger partial charge in [0.2, 0.25) is 11.6 Å². The molecule has 0 unspecified atom stereocenters. The van der Waals surface area contributed by atoms with Crippen LogP contribution in [0, 0.1) is 0 Å². The van der Waals surface area contributed by atoms with Crippen LogP contribution < -0.4 is 0 Å². The Hall–Kier alpha value is -1.40. The van der Waals surface area contributed by atoms with Gasteiger partial charge in [-0.05, 0) is 13.3 Å². The second-order valence-corrected chi connectivity index (χ2v) is 5.99. The van der Waals surface area contributed by atoms with Crippen molar-refractivity contribution in [2.24, 2.45) is 0 Å². The van der Waals surface area contributed by atoms with Gasteiger partial charge >= 0.3 is 0 Å². The number of hydrogen-bond acceptors (Lipinski definition) is 4. The first-order chi connectivity index (χ1) is 11.2. The average Bonchev–Trinajstić information content (AvgIpc) is 2.64. The van der Waals surface area contributed by atoms with Crippen molar-refractivity contribution in [1.29, 1.82) is 0 Å². The summed E-state index contributed by atoms with van der Waals surface area (Å²) in [4.78, 5) is 0. The van der Waals surface area contributed by atoms with Crippen molar-refractivity contribution in [2.45, 2.75) is 34.1 Å². The maximum Gasteiger partial charge on any atom is 0.205 e.